The van der Waals surface area contributed by atoms with Crippen molar-refractivity contribution in [2.75, 3.05) is 16.8 Å². The molecule has 0 radical (unpaired) electrons. The summed E-state index contributed by atoms with van der Waals surface area (Å²) in [5.74, 6) is 0.835. The highest BCUT2D eigenvalue weighted by atomic mass is 16.6. The number of anilines is 2. The second-order valence-corrected chi connectivity index (χ2v) is 7.93. The molecular weight excluding hydrogens is 416 g/mol. The van der Waals surface area contributed by atoms with Gasteiger partial charge in [-0.25, -0.2) is 14.6 Å². The van der Waals surface area contributed by atoms with Gasteiger partial charge in [-0.1, -0.05) is 30.3 Å². The topological polar surface area (TPSA) is 119 Å². The number of rotatable bonds is 4. The summed E-state index contributed by atoms with van der Waals surface area (Å²) < 4.78 is 16.2. The van der Waals surface area contributed by atoms with Crippen LogP contribution in [0.3, 0.4) is 0 Å². The lowest BCUT2D eigenvalue weighted by atomic mass is 9.88. The Balaban J connectivity index is 1.20. The molecule has 1 aromatic carbocycles. The Morgan fingerprint density at radius 2 is 2.03 bits per heavy atom. The number of hydrogen-bond donors (Lipinski definition) is 2. The lowest BCUT2D eigenvalue weighted by Crippen LogP contribution is -2.47. The van der Waals surface area contributed by atoms with Gasteiger partial charge in [0.05, 0.1) is 6.04 Å². The zero-order valence-corrected chi connectivity index (χ0v) is 17.2. The largest absolute Gasteiger partial charge is 0.480 e. The van der Waals surface area contributed by atoms with E-state index in [1.165, 1.54) is 4.90 Å². The number of benzene rings is 1. The molecular formula is C22H22N4O6. The van der Waals surface area contributed by atoms with Crippen LogP contribution in [0.25, 0.3) is 0 Å². The summed E-state index contributed by atoms with van der Waals surface area (Å²) in [5, 5.41) is 5.51. The Kier molecular flexibility index (Phi) is 5.26. The Bertz CT molecular complexity index is 1050. The number of ether oxygens (including phenoxy) is 3. The maximum Gasteiger partial charge on any atom is 0.416 e. The summed E-state index contributed by atoms with van der Waals surface area (Å²) in [5.41, 5.74) is 0.908. The normalized spacial score (nSPS) is 23.9. The monoisotopic (exact) mass is 438 g/mol. The summed E-state index contributed by atoms with van der Waals surface area (Å²) in [6, 6.07) is 12.4. The maximum absolute atomic E-state index is 12.6. The molecule has 10 heteroatoms. The van der Waals surface area contributed by atoms with Gasteiger partial charge >= 0.3 is 12.2 Å². The standard InChI is InChI=1S/C22H22N4O6/c27-19-12-30-16-8-9-18(24-20(16)25-19)26-15-7-6-14(10-17(15)32-22(26)29)23-21(28)31-11-13-4-2-1-3-5-13/h1-5,8-9,14-15,17H,6-7,10-12H2,(H,23,28)(H,24,25,27)/t14-,15-,17-/m1/s1. The van der Waals surface area contributed by atoms with Crippen LogP contribution >= 0.6 is 0 Å². The number of nitrogens with zero attached hydrogens (tertiary/aromatic N) is 2. The van der Waals surface area contributed by atoms with Crippen LogP contribution in [0.2, 0.25) is 0 Å². The number of aromatic nitrogens is 1. The highest BCUT2D eigenvalue weighted by molar-refractivity contribution is 5.95. The molecule has 1 saturated heterocycles. The van der Waals surface area contributed by atoms with Crippen LogP contribution in [0.15, 0.2) is 42.5 Å². The van der Waals surface area contributed by atoms with E-state index in [1.54, 1.807) is 12.1 Å². The molecule has 2 aromatic rings. The van der Waals surface area contributed by atoms with Crippen molar-refractivity contribution in [2.45, 2.75) is 44.1 Å². The molecule has 5 rings (SSSR count). The lowest BCUT2D eigenvalue weighted by molar-refractivity contribution is -0.118. The second kappa shape index (κ2) is 8.37. The van der Waals surface area contributed by atoms with Crippen molar-refractivity contribution in [1.82, 2.24) is 10.3 Å². The molecule has 1 aromatic heterocycles. The highest BCUT2D eigenvalue weighted by Gasteiger charge is 2.47. The van der Waals surface area contributed by atoms with Crippen LogP contribution in [0.1, 0.15) is 24.8 Å². The van der Waals surface area contributed by atoms with E-state index in [2.05, 4.69) is 15.6 Å². The van der Waals surface area contributed by atoms with Gasteiger partial charge in [-0.3, -0.25) is 9.69 Å². The van der Waals surface area contributed by atoms with Crippen molar-refractivity contribution in [3.63, 3.8) is 0 Å². The summed E-state index contributed by atoms with van der Waals surface area (Å²) in [6.45, 7) is 0.130. The first kappa shape index (κ1) is 20.1. The molecule has 3 amide bonds. The van der Waals surface area contributed by atoms with Crippen molar-refractivity contribution in [3.05, 3.63) is 48.0 Å². The lowest BCUT2D eigenvalue weighted by Gasteiger charge is -2.32. The Morgan fingerprint density at radius 3 is 2.88 bits per heavy atom. The van der Waals surface area contributed by atoms with Crippen molar-refractivity contribution in [1.29, 1.82) is 0 Å². The van der Waals surface area contributed by atoms with Crippen LogP contribution in [0.5, 0.6) is 5.75 Å². The minimum atomic E-state index is -0.497. The minimum Gasteiger partial charge on any atom is -0.480 e. The van der Waals surface area contributed by atoms with Gasteiger partial charge in [0.1, 0.15) is 18.5 Å². The van der Waals surface area contributed by atoms with E-state index >= 15 is 0 Å². The Morgan fingerprint density at radius 1 is 1.19 bits per heavy atom. The number of nitrogens with one attached hydrogen (secondary N) is 2. The molecule has 3 heterocycles. The van der Waals surface area contributed by atoms with Crippen LogP contribution in [0.4, 0.5) is 21.2 Å². The molecule has 0 unspecified atom stereocenters. The average Bonchev–Trinajstić information content (AvgIpc) is 3.12. The Hall–Kier alpha value is -3.82. The van der Waals surface area contributed by atoms with E-state index in [0.717, 1.165) is 5.56 Å². The number of alkyl carbamates (subject to hydrolysis) is 1. The first-order valence-electron chi connectivity index (χ1n) is 10.5. The molecule has 1 aliphatic carbocycles. The van der Waals surface area contributed by atoms with Crippen LogP contribution < -0.4 is 20.3 Å². The van der Waals surface area contributed by atoms with Gasteiger partial charge in [0, 0.05) is 12.5 Å². The van der Waals surface area contributed by atoms with E-state index in [1.807, 2.05) is 30.3 Å². The van der Waals surface area contributed by atoms with Crippen molar-refractivity contribution < 1.29 is 28.6 Å². The SMILES string of the molecule is O=C1COc2ccc(N3C(=O)O[C@@H]4C[C@H](NC(=O)OCc5ccccc5)CC[C@H]43)nc2N1. The molecule has 3 atom stereocenters. The molecule has 0 spiro atoms. The predicted molar refractivity (Wildman–Crippen MR) is 112 cm³/mol. The quantitative estimate of drug-likeness (QED) is 0.753. The number of carbonyl (C=O) groups excluding carboxylic acids is 3. The van der Waals surface area contributed by atoms with Crippen LogP contribution in [0, 0.1) is 0 Å². The number of amides is 3. The van der Waals surface area contributed by atoms with E-state index in [0.29, 0.717) is 30.8 Å². The van der Waals surface area contributed by atoms with Gasteiger partial charge in [0.15, 0.2) is 18.2 Å². The zero-order chi connectivity index (χ0) is 22.1. The Labute approximate surface area is 183 Å². The van der Waals surface area contributed by atoms with E-state index in [9.17, 15) is 14.4 Å². The molecule has 166 valence electrons. The number of pyridine rings is 1. The first-order chi connectivity index (χ1) is 15.6. The molecule has 2 aliphatic heterocycles. The molecule has 3 aliphatic rings. The molecule has 0 bridgehead atoms. The van der Waals surface area contributed by atoms with Crippen LogP contribution in [-0.4, -0.2) is 47.9 Å². The molecule has 2 N–H and O–H groups in total. The third-order valence-corrected chi connectivity index (χ3v) is 5.78. The van der Waals surface area contributed by atoms with Gasteiger partial charge in [-0.15, -0.1) is 0 Å². The third kappa shape index (κ3) is 4.03. The van der Waals surface area contributed by atoms with Gasteiger partial charge in [0.25, 0.3) is 5.91 Å². The fourth-order valence-electron chi connectivity index (χ4n) is 4.27. The van der Waals surface area contributed by atoms with Gasteiger partial charge in [-0.05, 0) is 30.5 Å². The van der Waals surface area contributed by atoms with Crippen molar-refractivity contribution in [3.8, 4) is 5.75 Å². The van der Waals surface area contributed by atoms with Crippen LogP contribution in [-0.2, 0) is 20.9 Å². The predicted octanol–water partition coefficient (Wildman–Crippen LogP) is 2.59. The number of carbonyl (C=O) groups is 3. The summed E-state index contributed by atoms with van der Waals surface area (Å²) in [6.07, 6.45) is 0.409. The summed E-state index contributed by atoms with van der Waals surface area (Å²) >= 11 is 0. The third-order valence-electron chi connectivity index (χ3n) is 5.78. The summed E-state index contributed by atoms with van der Waals surface area (Å²) in [4.78, 5) is 42.2. The number of fused-ring (bicyclic) bond motifs is 2. The van der Waals surface area contributed by atoms with Gasteiger partial charge in [0.2, 0.25) is 0 Å². The van der Waals surface area contributed by atoms with Crippen molar-refractivity contribution >= 4 is 29.7 Å². The molecule has 2 fully saturated rings. The first-order valence-corrected chi connectivity index (χ1v) is 10.5. The molecule has 10 nitrogen and oxygen atoms in total. The van der Waals surface area contributed by atoms with Gasteiger partial charge < -0.3 is 24.8 Å². The van der Waals surface area contributed by atoms with E-state index < -0.39 is 12.2 Å². The summed E-state index contributed by atoms with van der Waals surface area (Å²) in [7, 11) is 0. The van der Waals surface area contributed by atoms with Crippen molar-refractivity contribution in [2.24, 2.45) is 0 Å². The zero-order valence-electron chi connectivity index (χ0n) is 17.2. The smallest absolute Gasteiger partial charge is 0.416 e. The second-order valence-electron chi connectivity index (χ2n) is 7.93. The maximum atomic E-state index is 12.6. The fraction of sp³-hybridized carbons (Fsp3) is 0.364. The number of hydrogen-bond acceptors (Lipinski definition) is 7. The average molecular weight is 438 g/mol. The van der Waals surface area contributed by atoms with E-state index in [4.69, 9.17) is 14.2 Å². The van der Waals surface area contributed by atoms with Gasteiger partial charge in [-0.2, -0.15) is 0 Å². The minimum absolute atomic E-state index is 0.0628. The highest BCUT2D eigenvalue weighted by Crippen LogP contribution is 2.37. The molecule has 32 heavy (non-hydrogen) atoms. The fourth-order valence-corrected chi connectivity index (χ4v) is 4.27. The van der Waals surface area contributed by atoms with E-state index in [-0.39, 0.29) is 43.1 Å². The molecule has 1 saturated carbocycles.